The molecule has 1 fully saturated rings. The van der Waals surface area contributed by atoms with Gasteiger partial charge in [0.15, 0.2) is 0 Å². The number of hydrogen-bond donors (Lipinski definition) is 0. The molecule has 0 amide bonds. The molecule has 4 heterocycles. The number of fused-ring (bicyclic) bond motifs is 3. The Kier molecular flexibility index (Phi) is 15.9. The summed E-state index contributed by atoms with van der Waals surface area (Å²) in [4.78, 5) is 13.8. The fourth-order valence-corrected chi connectivity index (χ4v) is 10.7. The molecule has 1 aliphatic carbocycles. The first kappa shape index (κ1) is 47.2. The van der Waals surface area contributed by atoms with Gasteiger partial charge in [0.25, 0.3) is 0 Å². The average molecular weight is 1050 g/mol. The molecule has 1 aliphatic rings. The third-order valence-corrected chi connectivity index (χ3v) is 14.5. The summed E-state index contributed by atoms with van der Waals surface area (Å²) in [5.41, 5.74) is 15.0. The fraction of sp³-hybridized carbons (Fsp3) is 0.237. The van der Waals surface area contributed by atoms with E-state index >= 15 is 0 Å². The Morgan fingerprint density at radius 1 is 0.585 bits per heavy atom. The van der Waals surface area contributed by atoms with Gasteiger partial charge in [-0.2, -0.15) is 0 Å². The summed E-state index contributed by atoms with van der Waals surface area (Å²) in [6.07, 6.45) is 13.6. The van der Waals surface area contributed by atoms with Crippen molar-refractivity contribution < 1.29 is 24.5 Å². The molecule has 0 bridgehead atoms. The summed E-state index contributed by atoms with van der Waals surface area (Å²) in [6.45, 7) is 13.9. The van der Waals surface area contributed by atoms with E-state index in [9.17, 15) is 0 Å². The second-order valence-electron chi connectivity index (χ2n) is 18.4. The molecule has 5 aromatic carbocycles. The molecule has 65 heavy (non-hydrogen) atoms. The third-order valence-electron chi connectivity index (χ3n) is 12.4. The van der Waals surface area contributed by atoms with Gasteiger partial charge in [0.2, 0.25) is 0 Å². The van der Waals surface area contributed by atoms with Crippen LogP contribution < -0.4 is 5.19 Å². The first-order valence-electron chi connectivity index (χ1n) is 23.2. The molecule has 0 atom stereocenters. The van der Waals surface area contributed by atoms with Crippen molar-refractivity contribution in [3.63, 3.8) is 0 Å². The molecular weight excluding hydrogens is 987 g/mol. The molecule has 10 rings (SSSR count). The normalized spacial score (nSPS) is 12.6. The smallest absolute Gasteiger partial charge is 0.144 e. The molecule has 4 aromatic heterocycles. The number of pyridine rings is 3. The van der Waals surface area contributed by atoms with Crippen LogP contribution in [0.2, 0.25) is 19.6 Å². The van der Waals surface area contributed by atoms with Crippen LogP contribution in [0.4, 0.5) is 0 Å². The number of aryl methyl sites for hydroxylation is 1. The van der Waals surface area contributed by atoms with Gasteiger partial charge in [-0.25, -0.2) is 0 Å². The third kappa shape index (κ3) is 11.5. The number of benzene rings is 5. The van der Waals surface area contributed by atoms with Gasteiger partial charge in [-0.1, -0.05) is 181 Å². The number of rotatable bonds is 9. The minimum atomic E-state index is -1.33. The van der Waals surface area contributed by atoms with Crippen LogP contribution >= 0.6 is 0 Å². The van der Waals surface area contributed by atoms with Crippen molar-refractivity contribution in [3.05, 3.63) is 193 Å². The van der Waals surface area contributed by atoms with E-state index in [-0.39, 0.29) is 20.1 Å². The quantitative estimate of drug-likeness (QED) is 0.135. The van der Waals surface area contributed by atoms with Crippen molar-refractivity contribution >= 4 is 35.2 Å². The van der Waals surface area contributed by atoms with E-state index in [4.69, 9.17) is 14.4 Å². The number of furan rings is 1. The number of hydrogen-bond acceptors (Lipinski definition) is 4. The van der Waals surface area contributed by atoms with Crippen molar-refractivity contribution in [1.29, 1.82) is 0 Å². The first-order valence-corrected chi connectivity index (χ1v) is 26.7. The maximum Gasteiger partial charge on any atom is 0.144 e. The maximum atomic E-state index is 6.43. The van der Waals surface area contributed by atoms with Crippen LogP contribution in [-0.2, 0) is 32.9 Å². The largest absolute Gasteiger partial charge is 0.455 e. The molecule has 0 N–H and O–H groups in total. The van der Waals surface area contributed by atoms with Gasteiger partial charge < -0.3 is 4.42 Å². The predicted molar refractivity (Wildman–Crippen MR) is 274 cm³/mol. The van der Waals surface area contributed by atoms with Crippen LogP contribution in [0.5, 0.6) is 0 Å². The van der Waals surface area contributed by atoms with E-state index in [1.165, 1.54) is 75.2 Å². The zero-order chi connectivity index (χ0) is 44.5. The van der Waals surface area contributed by atoms with E-state index in [2.05, 4.69) is 185 Å². The van der Waals surface area contributed by atoms with Crippen LogP contribution in [0, 0.1) is 5.92 Å². The van der Waals surface area contributed by atoms with E-state index < -0.39 is 8.07 Å². The summed E-state index contributed by atoms with van der Waals surface area (Å²) in [7, 11) is -1.33. The predicted octanol–water partition coefficient (Wildman–Crippen LogP) is 15.8. The van der Waals surface area contributed by atoms with Crippen molar-refractivity contribution in [3.8, 4) is 44.9 Å². The molecule has 6 heteroatoms. The van der Waals surface area contributed by atoms with Crippen LogP contribution in [0.3, 0.4) is 0 Å². The molecule has 0 spiro atoms. The molecule has 1 saturated carbocycles. The Hall–Kier alpha value is -5.78. The Morgan fingerprint density at radius 3 is 1.75 bits per heavy atom. The first-order chi connectivity index (χ1) is 31.2. The molecule has 0 saturated heterocycles. The van der Waals surface area contributed by atoms with Gasteiger partial charge in [0, 0.05) is 66.2 Å². The monoisotopic (exact) mass is 1050 g/mol. The van der Waals surface area contributed by atoms with E-state index in [0.29, 0.717) is 5.92 Å². The molecule has 0 unspecified atom stereocenters. The topological polar surface area (TPSA) is 51.8 Å². The molecule has 331 valence electrons. The molecule has 9 aromatic rings. The minimum Gasteiger partial charge on any atom is -0.455 e. The Balaban J connectivity index is 0.000000159. The number of aromatic nitrogens is 3. The molecule has 0 aliphatic heterocycles. The van der Waals surface area contributed by atoms with Crippen molar-refractivity contribution in [1.82, 2.24) is 15.0 Å². The Morgan fingerprint density at radius 2 is 1.14 bits per heavy atom. The molecular formula is C59H61IrN3OSi. The molecule has 4 nitrogen and oxygen atoms in total. The van der Waals surface area contributed by atoms with E-state index in [1.807, 2.05) is 36.7 Å². The van der Waals surface area contributed by atoms with Crippen molar-refractivity contribution in [2.75, 3.05) is 0 Å². The van der Waals surface area contributed by atoms with Crippen LogP contribution in [0.1, 0.15) is 69.1 Å². The fourth-order valence-electron chi connectivity index (χ4n) is 9.01. The Labute approximate surface area is 401 Å². The average Bonchev–Trinajstić information content (AvgIpc) is 4.00. The van der Waals surface area contributed by atoms with Crippen molar-refractivity contribution in [2.24, 2.45) is 5.92 Å². The summed E-state index contributed by atoms with van der Waals surface area (Å²) >= 11 is 0. The number of para-hydroxylation sites is 1. The van der Waals surface area contributed by atoms with Gasteiger partial charge in [0.05, 0.1) is 25.2 Å². The maximum absolute atomic E-state index is 6.43. The minimum absolute atomic E-state index is 0. The SMILES string of the molecule is CC(C)c1cc(-c2ccccc2)ncc1[Si](C)(C)C.CCc1ccnc(-c2ccccc2)c1.[Ir].c1ccc(-c2cccc3oc4c(-c5cc(CC6CCCC6)ccn5)cccc4c23)cc1. The van der Waals surface area contributed by atoms with Crippen LogP contribution in [-0.4, -0.2) is 23.0 Å². The second kappa shape index (κ2) is 21.9. The standard InChI is InChI=1S/C29H25NO.C17H23NSi.C13H13N.Ir/c1-2-10-22(11-3-1)23-12-7-15-27-28(23)25-14-6-13-24(29(25)31-27)26-19-21(16-17-30-26)18-20-8-4-5-9-20;1-13(2)15-11-16(14-9-7-6-8-10-14)18-12-17(15)19(3,4)5;1-2-11-8-9-14-13(10-11)12-6-4-3-5-7-12;/h1-3,6-7,10-17,19-20H,4-5,8-9,18H2;6-13H,1-5H3;3-10H,2H2,1H3;. The zero-order valence-electron chi connectivity index (χ0n) is 38.7. The Bertz CT molecular complexity index is 2920. The van der Waals surface area contributed by atoms with Gasteiger partial charge in [-0.05, 0) is 100 Å². The van der Waals surface area contributed by atoms with E-state index in [1.54, 1.807) is 0 Å². The summed E-state index contributed by atoms with van der Waals surface area (Å²) in [5, 5.41) is 3.81. The number of nitrogens with zero attached hydrogens (tertiary/aromatic N) is 3. The van der Waals surface area contributed by atoms with Gasteiger partial charge >= 0.3 is 0 Å². The summed E-state index contributed by atoms with van der Waals surface area (Å²) in [5.74, 6) is 1.37. The second-order valence-corrected chi connectivity index (χ2v) is 23.5. The summed E-state index contributed by atoms with van der Waals surface area (Å²) in [6, 6.07) is 54.9. The van der Waals surface area contributed by atoms with E-state index in [0.717, 1.165) is 58.0 Å². The zero-order valence-corrected chi connectivity index (χ0v) is 42.1. The summed E-state index contributed by atoms with van der Waals surface area (Å²) < 4.78 is 6.43. The van der Waals surface area contributed by atoms with Gasteiger partial charge in [0.1, 0.15) is 11.2 Å². The van der Waals surface area contributed by atoms with Crippen molar-refractivity contribution in [2.45, 2.75) is 84.9 Å². The van der Waals surface area contributed by atoms with Gasteiger partial charge in [-0.15, -0.1) is 0 Å². The van der Waals surface area contributed by atoms with Crippen LogP contribution in [0.15, 0.2) is 181 Å². The molecule has 1 radical (unpaired) electrons. The van der Waals surface area contributed by atoms with Crippen LogP contribution in [0.25, 0.3) is 66.8 Å². The van der Waals surface area contributed by atoms with Gasteiger partial charge in [-0.3, -0.25) is 15.0 Å².